The van der Waals surface area contributed by atoms with Crippen LogP contribution in [0.4, 0.5) is 10.6 Å². The molecule has 1 rings (SSSR count). The zero-order valence-corrected chi connectivity index (χ0v) is 11.2. The lowest BCUT2D eigenvalue weighted by Gasteiger charge is -2.19. The van der Waals surface area contributed by atoms with Crippen molar-refractivity contribution in [2.75, 3.05) is 25.6 Å². The number of ether oxygens (including phenoxy) is 3. The van der Waals surface area contributed by atoms with Gasteiger partial charge in [0, 0.05) is 13.2 Å². The molecule has 0 bridgehead atoms. The van der Waals surface area contributed by atoms with Crippen molar-refractivity contribution in [3.8, 4) is 5.88 Å². The number of hydrogen-bond acceptors (Lipinski definition) is 4. The van der Waals surface area contributed by atoms with Crippen molar-refractivity contribution in [3.63, 3.8) is 0 Å². The van der Waals surface area contributed by atoms with Crippen LogP contribution in [0.15, 0.2) is 12.1 Å². The van der Waals surface area contributed by atoms with Crippen LogP contribution < -0.4 is 10.1 Å². The summed E-state index contributed by atoms with van der Waals surface area (Å²) < 4.78 is 15.3. The molecule has 102 valence electrons. The minimum Gasteiger partial charge on any atom is -0.476 e. The van der Waals surface area contributed by atoms with Crippen LogP contribution in [0.1, 0.15) is 20.8 Å². The fraction of sp³-hybridized carbons (Fsp3) is 0.583. The molecule has 6 heteroatoms. The predicted octanol–water partition coefficient (Wildman–Crippen LogP) is 2.39. The highest BCUT2D eigenvalue weighted by molar-refractivity contribution is 5.83. The zero-order valence-electron chi connectivity index (χ0n) is 11.2. The molecule has 1 amide bonds. The first-order chi connectivity index (χ1) is 8.40. The Hall–Kier alpha value is -1.69. The summed E-state index contributed by atoms with van der Waals surface area (Å²) in [6.07, 6.45) is -0.507. The summed E-state index contributed by atoms with van der Waals surface area (Å²) in [7, 11) is 1.60. The molecule has 18 heavy (non-hydrogen) atoms. The van der Waals surface area contributed by atoms with Gasteiger partial charge in [0.15, 0.2) is 5.88 Å². The van der Waals surface area contributed by atoms with Crippen LogP contribution in [0.2, 0.25) is 0 Å². The van der Waals surface area contributed by atoms with E-state index < -0.39 is 11.7 Å². The summed E-state index contributed by atoms with van der Waals surface area (Å²) in [5.41, 5.74) is -0.519. The van der Waals surface area contributed by atoms with E-state index in [1.54, 1.807) is 40.0 Å². The first kappa shape index (κ1) is 14.4. The highest BCUT2D eigenvalue weighted by Crippen LogP contribution is 2.15. The van der Waals surface area contributed by atoms with Gasteiger partial charge in [-0.2, -0.15) is 0 Å². The fourth-order valence-corrected chi connectivity index (χ4v) is 1.18. The maximum absolute atomic E-state index is 11.5. The highest BCUT2D eigenvalue weighted by atomic mass is 16.6. The Morgan fingerprint density at radius 3 is 2.67 bits per heavy atom. The minimum absolute atomic E-state index is 0.447. The van der Waals surface area contributed by atoms with Crippen molar-refractivity contribution in [2.45, 2.75) is 26.4 Å². The smallest absolute Gasteiger partial charge is 0.413 e. The van der Waals surface area contributed by atoms with Gasteiger partial charge >= 0.3 is 6.09 Å². The molecule has 0 spiro atoms. The molecule has 6 nitrogen and oxygen atoms in total. The summed E-state index contributed by atoms with van der Waals surface area (Å²) in [5, 5.41) is 2.58. The highest BCUT2D eigenvalue weighted by Gasteiger charge is 2.16. The van der Waals surface area contributed by atoms with E-state index in [0.717, 1.165) is 0 Å². The summed E-state index contributed by atoms with van der Waals surface area (Å²) in [6, 6.07) is 3.43. The molecular weight excluding hydrogens is 236 g/mol. The molecule has 1 aromatic heterocycles. The van der Waals surface area contributed by atoms with Gasteiger partial charge in [0.1, 0.15) is 18.0 Å². The molecule has 0 aliphatic carbocycles. The largest absolute Gasteiger partial charge is 0.476 e. The van der Waals surface area contributed by atoms with E-state index in [-0.39, 0.29) is 0 Å². The Balaban J connectivity index is 2.41. The SMILES string of the molecule is COCCOc1ccc(NC(=O)OC(C)(C)C)[nH]1. The molecule has 0 aliphatic heterocycles. The van der Waals surface area contributed by atoms with Gasteiger partial charge in [0.25, 0.3) is 0 Å². The lowest BCUT2D eigenvalue weighted by atomic mass is 10.2. The molecular formula is C12H20N2O4. The Labute approximate surface area is 107 Å². The van der Waals surface area contributed by atoms with Crippen LogP contribution >= 0.6 is 0 Å². The quantitative estimate of drug-likeness (QED) is 0.793. The van der Waals surface area contributed by atoms with Gasteiger partial charge in [-0.3, -0.25) is 5.32 Å². The Morgan fingerprint density at radius 2 is 2.06 bits per heavy atom. The van der Waals surface area contributed by atoms with Gasteiger partial charge in [-0.15, -0.1) is 0 Å². The van der Waals surface area contributed by atoms with E-state index in [4.69, 9.17) is 14.2 Å². The number of H-pyrrole nitrogens is 1. The Bertz CT molecular complexity index is 382. The van der Waals surface area contributed by atoms with Gasteiger partial charge in [0.2, 0.25) is 0 Å². The number of aromatic amines is 1. The topological polar surface area (TPSA) is 72.6 Å². The lowest BCUT2D eigenvalue weighted by molar-refractivity contribution is 0.0635. The van der Waals surface area contributed by atoms with Crippen molar-refractivity contribution >= 4 is 11.9 Å². The normalized spacial score (nSPS) is 11.1. The monoisotopic (exact) mass is 256 g/mol. The first-order valence-corrected chi connectivity index (χ1v) is 5.71. The number of nitrogens with one attached hydrogen (secondary N) is 2. The zero-order chi connectivity index (χ0) is 13.6. The number of carbonyl (C=O) groups excluding carboxylic acids is 1. The molecule has 0 saturated heterocycles. The van der Waals surface area contributed by atoms with E-state index in [0.29, 0.717) is 24.9 Å². The average molecular weight is 256 g/mol. The molecule has 0 unspecified atom stereocenters. The van der Waals surface area contributed by atoms with Crippen molar-refractivity contribution in [3.05, 3.63) is 12.1 Å². The molecule has 0 aliphatic rings. The van der Waals surface area contributed by atoms with Crippen molar-refractivity contribution < 1.29 is 19.0 Å². The van der Waals surface area contributed by atoms with Crippen molar-refractivity contribution in [2.24, 2.45) is 0 Å². The molecule has 1 aromatic rings. The lowest BCUT2D eigenvalue weighted by Crippen LogP contribution is -2.27. The maximum atomic E-state index is 11.5. The van der Waals surface area contributed by atoms with Gasteiger partial charge in [0.05, 0.1) is 6.61 Å². The second-order valence-corrected chi connectivity index (χ2v) is 4.70. The van der Waals surface area contributed by atoms with E-state index in [2.05, 4.69) is 10.3 Å². The molecule has 1 heterocycles. The third kappa shape index (κ3) is 5.58. The number of hydrogen-bond donors (Lipinski definition) is 2. The maximum Gasteiger partial charge on any atom is 0.413 e. The molecule has 0 aromatic carbocycles. The standard InChI is InChI=1S/C12H20N2O4/c1-12(2,3)18-11(15)14-9-5-6-10(13-9)17-8-7-16-4/h5-6,13H,7-8H2,1-4H3,(H,14,15). The Kier molecular flexibility index (Phi) is 5.03. The molecule has 0 saturated carbocycles. The van der Waals surface area contributed by atoms with Gasteiger partial charge in [-0.1, -0.05) is 0 Å². The number of methoxy groups -OCH3 is 1. The van der Waals surface area contributed by atoms with Gasteiger partial charge in [-0.05, 0) is 26.8 Å². The summed E-state index contributed by atoms with van der Waals surface area (Å²) in [5.74, 6) is 1.09. The van der Waals surface area contributed by atoms with E-state index >= 15 is 0 Å². The number of amides is 1. The van der Waals surface area contributed by atoms with Crippen LogP contribution in [0.3, 0.4) is 0 Å². The number of aromatic nitrogens is 1. The third-order valence-corrected chi connectivity index (χ3v) is 1.84. The van der Waals surface area contributed by atoms with Crippen LogP contribution in [0.5, 0.6) is 5.88 Å². The van der Waals surface area contributed by atoms with Crippen molar-refractivity contribution in [1.29, 1.82) is 0 Å². The molecule has 0 fully saturated rings. The predicted molar refractivity (Wildman–Crippen MR) is 68.0 cm³/mol. The summed E-state index contributed by atoms with van der Waals surface area (Å²) in [6.45, 7) is 6.37. The van der Waals surface area contributed by atoms with Crippen LogP contribution in [0.25, 0.3) is 0 Å². The Morgan fingerprint density at radius 1 is 1.33 bits per heavy atom. The van der Waals surface area contributed by atoms with E-state index in [1.165, 1.54) is 0 Å². The number of rotatable bonds is 5. The molecule has 0 atom stereocenters. The van der Waals surface area contributed by atoms with E-state index in [9.17, 15) is 4.79 Å². The summed E-state index contributed by atoms with van der Waals surface area (Å²) >= 11 is 0. The number of anilines is 1. The molecule has 2 N–H and O–H groups in total. The summed E-state index contributed by atoms with van der Waals surface area (Å²) in [4.78, 5) is 14.4. The second-order valence-electron chi connectivity index (χ2n) is 4.70. The minimum atomic E-state index is -0.519. The van der Waals surface area contributed by atoms with Crippen LogP contribution in [-0.4, -0.2) is 37.0 Å². The average Bonchev–Trinajstić information content (AvgIpc) is 2.63. The van der Waals surface area contributed by atoms with Gasteiger partial charge in [-0.25, -0.2) is 4.79 Å². The molecule has 0 radical (unpaired) electrons. The van der Waals surface area contributed by atoms with Crippen LogP contribution in [0, 0.1) is 0 Å². The van der Waals surface area contributed by atoms with Crippen LogP contribution in [-0.2, 0) is 9.47 Å². The van der Waals surface area contributed by atoms with Gasteiger partial charge < -0.3 is 19.2 Å². The van der Waals surface area contributed by atoms with E-state index in [1.807, 2.05) is 0 Å². The number of carbonyl (C=O) groups is 1. The first-order valence-electron chi connectivity index (χ1n) is 5.71. The third-order valence-electron chi connectivity index (χ3n) is 1.84. The fourth-order valence-electron chi connectivity index (χ4n) is 1.18. The van der Waals surface area contributed by atoms with Crippen molar-refractivity contribution in [1.82, 2.24) is 4.98 Å². The second kappa shape index (κ2) is 6.30.